The zero-order chi connectivity index (χ0) is 13.7. The normalized spacial score (nSPS) is 10.0. The summed E-state index contributed by atoms with van der Waals surface area (Å²) in [5.41, 5.74) is 0.473. The second-order valence-corrected chi connectivity index (χ2v) is 4.04. The minimum Gasteiger partial charge on any atom is -0.462 e. The molecule has 0 bridgehead atoms. The van der Waals surface area contributed by atoms with Gasteiger partial charge in [-0.2, -0.15) is 0 Å². The van der Waals surface area contributed by atoms with E-state index >= 15 is 0 Å². The molecule has 0 amide bonds. The number of hydrogen-bond donors (Lipinski definition) is 0. The number of pyridine rings is 1. The summed E-state index contributed by atoms with van der Waals surface area (Å²) in [4.78, 5) is 15.5. The number of halogens is 1. The molecule has 5 heteroatoms. The summed E-state index contributed by atoms with van der Waals surface area (Å²) >= 11 is 5.94. The first kappa shape index (κ1) is 13.4. The van der Waals surface area contributed by atoms with E-state index in [0.717, 1.165) is 0 Å². The number of rotatable bonds is 4. The minimum absolute atomic E-state index is 0.327. The molecule has 98 valence electrons. The summed E-state index contributed by atoms with van der Waals surface area (Å²) in [6.45, 7) is 2.11. The molecular weight excluding hydrogens is 266 g/mol. The van der Waals surface area contributed by atoms with Gasteiger partial charge in [0.15, 0.2) is 0 Å². The van der Waals surface area contributed by atoms with Gasteiger partial charge in [-0.1, -0.05) is 11.6 Å². The van der Waals surface area contributed by atoms with Crippen molar-refractivity contribution in [1.82, 2.24) is 4.98 Å². The van der Waals surface area contributed by atoms with Gasteiger partial charge in [-0.05, 0) is 43.3 Å². The third kappa shape index (κ3) is 3.45. The maximum absolute atomic E-state index is 11.5. The molecule has 0 fully saturated rings. The lowest BCUT2D eigenvalue weighted by Gasteiger charge is -2.06. The Hall–Kier alpha value is -2.07. The van der Waals surface area contributed by atoms with Gasteiger partial charge in [0, 0.05) is 6.20 Å². The van der Waals surface area contributed by atoms with E-state index in [4.69, 9.17) is 21.1 Å². The molecule has 0 N–H and O–H groups in total. The van der Waals surface area contributed by atoms with E-state index in [1.807, 2.05) is 0 Å². The highest BCUT2D eigenvalue weighted by Crippen LogP contribution is 2.26. The Labute approximate surface area is 115 Å². The summed E-state index contributed by atoms with van der Waals surface area (Å²) in [5.74, 6) is 0.520. The average Bonchev–Trinajstić information content (AvgIpc) is 2.42. The van der Waals surface area contributed by atoms with Crippen molar-refractivity contribution in [3.63, 3.8) is 0 Å². The van der Waals surface area contributed by atoms with Crippen molar-refractivity contribution < 1.29 is 14.3 Å². The van der Waals surface area contributed by atoms with Gasteiger partial charge in [-0.25, -0.2) is 9.78 Å². The summed E-state index contributed by atoms with van der Waals surface area (Å²) in [6.07, 6.45) is 1.59. The first-order valence-electron chi connectivity index (χ1n) is 5.76. The summed E-state index contributed by atoms with van der Waals surface area (Å²) in [7, 11) is 0. The van der Waals surface area contributed by atoms with Gasteiger partial charge in [0.05, 0.1) is 12.2 Å². The van der Waals surface area contributed by atoms with Crippen molar-refractivity contribution in [3.05, 3.63) is 53.2 Å². The number of hydrogen-bond acceptors (Lipinski definition) is 4. The van der Waals surface area contributed by atoms with Gasteiger partial charge >= 0.3 is 5.97 Å². The molecule has 19 heavy (non-hydrogen) atoms. The van der Waals surface area contributed by atoms with Crippen LogP contribution in [0.3, 0.4) is 0 Å². The van der Waals surface area contributed by atoms with Crippen LogP contribution in [0, 0.1) is 0 Å². The Morgan fingerprint density at radius 1 is 1.26 bits per heavy atom. The number of carbonyl (C=O) groups is 1. The van der Waals surface area contributed by atoms with Crippen LogP contribution in [0.1, 0.15) is 17.3 Å². The summed E-state index contributed by atoms with van der Waals surface area (Å²) < 4.78 is 10.4. The molecule has 0 saturated heterocycles. The molecule has 0 radical (unpaired) electrons. The van der Waals surface area contributed by atoms with Crippen LogP contribution in [-0.2, 0) is 4.74 Å². The van der Waals surface area contributed by atoms with Crippen LogP contribution >= 0.6 is 11.6 Å². The van der Waals surface area contributed by atoms with Gasteiger partial charge in [-0.3, -0.25) is 0 Å². The summed E-state index contributed by atoms with van der Waals surface area (Å²) in [5, 5.41) is 0.428. The Morgan fingerprint density at radius 3 is 2.63 bits per heavy atom. The molecule has 0 aliphatic rings. The molecule has 0 spiro atoms. The van der Waals surface area contributed by atoms with Crippen LogP contribution in [0.25, 0.3) is 0 Å². The maximum Gasteiger partial charge on any atom is 0.338 e. The Bertz CT molecular complexity index is 569. The van der Waals surface area contributed by atoms with Crippen LogP contribution in [0.15, 0.2) is 42.6 Å². The Balaban J connectivity index is 2.11. The van der Waals surface area contributed by atoms with E-state index < -0.39 is 0 Å². The molecule has 2 aromatic rings. The van der Waals surface area contributed by atoms with Crippen LogP contribution < -0.4 is 4.74 Å². The first-order chi connectivity index (χ1) is 9.20. The predicted molar refractivity (Wildman–Crippen MR) is 71.7 cm³/mol. The lowest BCUT2D eigenvalue weighted by Crippen LogP contribution is -2.04. The standard InChI is InChI=1S/C14H12ClNO3/c1-2-18-14(17)10-5-7-11(8-6-10)19-13-12(15)4-3-9-16-13/h3-9H,2H2,1H3. The van der Waals surface area contributed by atoms with Crippen molar-refractivity contribution in [3.8, 4) is 11.6 Å². The first-order valence-corrected chi connectivity index (χ1v) is 6.14. The van der Waals surface area contributed by atoms with Gasteiger partial charge in [0.25, 0.3) is 0 Å². The molecule has 0 unspecified atom stereocenters. The molecule has 0 atom stereocenters. The van der Waals surface area contributed by atoms with Crippen LogP contribution in [0.4, 0.5) is 0 Å². The lowest BCUT2D eigenvalue weighted by molar-refractivity contribution is 0.0526. The van der Waals surface area contributed by atoms with Gasteiger partial charge in [-0.15, -0.1) is 0 Å². The van der Waals surface area contributed by atoms with Crippen molar-refractivity contribution in [2.75, 3.05) is 6.61 Å². The zero-order valence-corrected chi connectivity index (χ0v) is 11.1. The van der Waals surface area contributed by atoms with Crippen LogP contribution in [0.5, 0.6) is 11.6 Å². The number of benzene rings is 1. The number of nitrogens with zero attached hydrogens (tertiary/aromatic N) is 1. The second kappa shape index (κ2) is 6.20. The quantitative estimate of drug-likeness (QED) is 0.800. The smallest absolute Gasteiger partial charge is 0.338 e. The van der Waals surface area contributed by atoms with Crippen molar-refractivity contribution in [2.45, 2.75) is 6.92 Å². The number of esters is 1. The fourth-order valence-electron chi connectivity index (χ4n) is 1.43. The van der Waals surface area contributed by atoms with Crippen molar-refractivity contribution in [2.24, 2.45) is 0 Å². The van der Waals surface area contributed by atoms with Crippen LogP contribution in [-0.4, -0.2) is 17.6 Å². The summed E-state index contributed by atoms with van der Waals surface area (Å²) in [6, 6.07) is 10.00. The van der Waals surface area contributed by atoms with E-state index in [2.05, 4.69) is 4.98 Å². The fourth-order valence-corrected chi connectivity index (χ4v) is 1.59. The van der Waals surface area contributed by atoms with Crippen molar-refractivity contribution >= 4 is 17.6 Å². The molecule has 2 rings (SSSR count). The predicted octanol–water partition coefficient (Wildman–Crippen LogP) is 3.70. The molecule has 1 aromatic carbocycles. The molecule has 0 aliphatic carbocycles. The number of carbonyl (C=O) groups excluding carboxylic acids is 1. The van der Waals surface area contributed by atoms with Crippen molar-refractivity contribution in [1.29, 1.82) is 0 Å². The Morgan fingerprint density at radius 2 is 2.00 bits per heavy atom. The second-order valence-electron chi connectivity index (χ2n) is 3.64. The topological polar surface area (TPSA) is 48.4 Å². The van der Waals surface area contributed by atoms with Gasteiger partial charge in [0.2, 0.25) is 5.88 Å². The highest BCUT2D eigenvalue weighted by Gasteiger charge is 2.07. The highest BCUT2D eigenvalue weighted by molar-refractivity contribution is 6.31. The number of ether oxygens (including phenoxy) is 2. The fraction of sp³-hybridized carbons (Fsp3) is 0.143. The highest BCUT2D eigenvalue weighted by atomic mass is 35.5. The molecule has 4 nitrogen and oxygen atoms in total. The molecule has 1 aromatic heterocycles. The lowest BCUT2D eigenvalue weighted by atomic mass is 10.2. The molecular formula is C14H12ClNO3. The van der Waals surface area contributed by atoms with Crippen LogP contribution in [0.2, 0.25) is 5.02 Å². The maximum atomic E-state index is 11.5. The van der Waals surface area contributed by atoms with Gasteiger partial charge < -0.3 is 9.47 Å². The monoisotopic (exact) mass is 277 g/mol. The van der Waals surface area contributed by atoms with E-state index in [9.17, 15) is 4.79 Å². The molecule has 0 aliphatic heterocycles. The minimum atomic E-state index is -0.357. The third-order valence-corrected chi connectivity index (χ3v) is 2.59. The largest absolute Gasteiger partial charge is 0.462 e. The SMILES string of the molecule is CCOC(=O)c1ccc(Oc2ncccc2Cl)cc1. The van der Waals surface area contributed by atoms with E-state index in [1.165, 1.54) is 0 Å². The van der Waals surface area contributed by atoms with E-state index in [0.29, 0.717) is 28.8 Å². The van der Waals surface area contributed by atoms with Gasteiger partial charge in [0.1, 0.15) is 10.8 Å². The zero-order valence-electron chi connectivity index (χ0n) is 10.3. The molecule has 0 saturated carbocycles. The third-order valence-electron chi connectivity index (χ3n) is 2.30. The van der Waals surface area contributed by atoms with E-state index in [-0.39, 0.29) is 5.97 Å². The average molecular weight is 278 g/mol. The Kier molecular flexibility index (Phi) is 4.36. The molecule has 1 heterocycles. The van der Waals surface area contributed by atoms with E-state index in [1.54, 1.807) is 49.5 Å². The number of aromatic nitrogens is 1.